The molecule has 0 atom stereocenters. The van der Waals surface area contributed by atoms with Crippen LogP contribution in [0, 0.1) is 0 Å². The average molecular weight is 551 g/mol. The molecule has 0 unspecified atom stereocenters. The first-order chi connectivity index (χ1) is 15.9. The van der Waals surface area contributed by atoms with Gasteiger partial charge in [-0.2, -0.15) is 0 Å². The number of carbonyl (C=O) groups is 1. The monoisotopic (exact) mass is 550 g/mol. The standard InChI is InChI=1S/C21H13BrF6N2O4/c22-14-7-5-12(17(9-14)34-21(26,27)28)10-30-19(31)13-6-8-18(29-11-13)32-15-3-1-2-4-16(15)33-20(23,24)25/h1-9,11H,10H2,(H,30,31). The second-order valence-corrected chi connectivity index (χ2v) is 7.38. The Hall–Kier alpha value is -3.48. The maximum absolute atomic E-state index is 12.6. The summed E-state index contributed by atoms with van der Waals surface area (Å²) in [6.07, 6.45) is -8.75. The molecule has 6 nitrogen and oxygen atoms in total. The van der Waals surface area contributed by atoms with Crippen LogP contribution in [-0.2, 0) is 6.54 Å². The highest BCUT2D eigenvalue weighted by Crippen LogP contribution is 2.34. The number of pyridine rings is 1. The Labute approximate surface area is 196 Å². The number of aromatic nitrogens is 1. The molecule has 1 heterocycles. The van der Waals surface area contributed by atoms with E-state index in [0.29, 0.717) is 4.47 Å². The number of nitrogens with one attached hydrogen (secondary N) is 1. The minimum atomic E-state index is -4.92. The van der Waals surface area contributed by atoms with Crippen molar-refractivity contribution in [1.29, 1.82) is 0 Å². The van der Waals surface area contributed by atoms with E-state index in [9.17, 15) is 31.1 Å². The normalized spacial score (nSPS) is 11.6. The second-order valence-electron chi connectivity index (χ2n) is 6.46. The summed E-state index contributed by atoms with van der Waals surface area (Å²) < 4.78 is 88.9. The van der Waals surface area contributed by atoms with Crippen LogP contribution in [0.3, 0.4) is 0 Å². The number of hydrogen-bond acceptors (Lipinski definition) is 5. The number of ether oxygens (including phenoxy) is 3. The summed E-state index contributed by atoms with van der Waals surface area (Å²) in [5.41, 5.74) is 0.102. The molecule has 13 heteroatoms. The van der Waals surface area contributed by atoms with Crippen LogP contribution in [0.25, 0.3) is 0 Å². The largest absolute Gasteiger partial charge is 0.573 e. The zero-order valence-corrected chi connectivity index (χ0v) is 18.3. The number of amides is 1. The van der Waals surface area contributed by atoms with Gasteiger partial charge in [0.25, 0.3) is 5.91 Å². The Morgan fingerprint density at radius 2 is 1.53 bits per heavy atom. The van der Waals surface area contributed by atoms with E-state index in [1.54, 1.807) is 0 Å². The van der Waals surface area contributed by atoms with Gasteiger partial charge in [0.15, 0.2) is 11.5 Å². The fraction of sp³-hybridized carbons (Fsp3) is 0.143. The fourth-order valence-electron chi connectivity index (χ4n) is 2.60. The van der Waals surface area contributed by atoms with Crippen molar-refractivity contribution in [2.75, 3.05) is 0 Å². The molecule has 34 heavy (non-hydrogen) atoms. The van der Waals surface area contributed by atoms with Crippen molar-refractivity contribution in [2.45, 2.75) is 19.3 Å². The molecule has 180 valence electrons. The van der Waals surface area contributed by atoms with E-state index in [1.165, 1.54) is 42.5 Å². The van der Waals surface area contributed by atoms with Gasteiger partial charge in [0, 0.05) is 28.8 Å². The van der Waals surface area contributed by atoms with Crippen LogP contribution in [0.2, 0.25) is 0 Å². The SMILES string of the molecule is O=C(NCc1ccc(Br)cc1OC(F)(F)F)c1ccc(Oc2ccccc2OC(F)(F)F)nc1. The lowest BCUT2D eigenvalue weighted by Crippen LogP contribution is -2.24. The molecule has 0 saturated carbocycles. The van der Waals surface area contributed by atoms with Crippen molar-refractivity contribution in [1.82, 2.24) is 10.3 Å². The second kappa shape index (κ2) is 10.2. The lowest BCUT2D eigenvalue weighted by molar-refractivity contribution is -0.276. The molecule has 0 radical (unpaired) electrons. The highest BCUT2D eigenvalue weighted by molar-refractivity contribution is 9.10. The first-order valence-electron chi connectivity index (χ1n) is 9.21. The summed E-state index contributed by atoms with van der Waals surface area (Å²) in [4.78, 5) is 16.2. The number of para-hydroxylation sites is 2. The molecule has 0 spiro atoms. The Morgan fingerprint density at radius 3 is 2.15 bits per heavy atom. The first kappa shape index (κ1) is 25.1. The Bertz CT molecular complexity index is 1150. The molecule has 3 aromatic rings. The summed E-state index contributed by atoms with van der Waals surface area (Å²) in [5, 5.41) is 2.44. The van der Waals surface area contributed by atoms with Gasteiger partial charge >= 0.3 is 12.7 Å². The molecule has 0 aliphatic heterocycles. The van der Waals surface area contributed by atoms with Crippen molar-refractivity contribution in [3.63, 3.8) is 0 Å². The van der Waals surface area contributed by atoms with Gasteiger partial charge in [0.05, 0.1) is 5.56 Å². The quantitative estimate of drug-likeness (QED) is 0.346. The zero-order valence-electron chi connectivity index (χ0n) is 16.7. The Kier molecular flexibility index (Phi) is 7.54. The van der Waals surface area contributed by atoms with Gasteiger partial charge in [-0.25, -0.2) is 4.98 Å². The first-order valence-corrected chi connectivity index (χ1v) is 10.00. The summed E-state index contributed by atoms with van der Waals surface area (Å²) in [5.74, 6) is -2.10. The summed E-state index contributed by atoms with van der Waals surface area (Å²) in [6, 6.07) is 11.5. The minimum Gasteiger partial charge on any atom is -0.435 e. The van der Waals surface area contributed by atoms with Crippen LogP contribution in [0.1, 0.15) is 15.9 Å². The lowest BCUT2D eigenvalue weighted by Gasteiger charge is -2.14. The number of halogens is 7. The van der Waals surface area contributed by atoms with E-state index in [1.807, 2.05) is 0 Å². The molecular weight excluding hydrogens is 538 g/mol. The molecule has 3 rings (SSSR count). The fourth-order valence-corrected chi connectivity index (χ4v) is 2.94. The van der Waals surface area contributed by atoms with E-state index in [0.717, 1.165) is 18.3 Å². The minimum absolute atomic E-state index is 0.0302. The number of carbonyl (C=O) groups excluding carboxylic acids is 1. The molecule has 1 aromatic heterocycles. The molecule has 2 aromatic carbocycles. The van der Waals surface area contributed by atoms with Crippen molar-refractivity contribution >= 4 is 21.8 Å². The van der Waals surface area contributed by atoms with Crippen molar-refractivity contribution < 1.29 is 45.3 Å². The number of benzene rings is 2. The average Bonchev–Trinajstić information content (AvgIpc) is 2.73. The molecule has 0 bridgehead atoms. The number of alkyl halides is 6. The van der Waals surface area contributed by atoms with Crippen LogP contribution in [-0.4, -0.2) is 23.6 Å². The van der Waals surface area contributed by atoms with Crippen LogP contribution < -0.4 is 19.5 Å². The van der Waals surface area contributed by atoms with Crippen LogP contribution >= 0.6 is 15.9 Å². The predicted molar refractivity (Wildman–Crippen MR) is 109 cm³/mol. The molecule has 1 amide bonds. The van der Waals surface area contributed by atoms with Crippen LogP contribution in [0.4, 0.5) is 26.3 Å². The maximum atomic E-state index is 12.6. The highest BCUT2D eigenvalue weighted by atomic mass is 79.9. The third-order valence-corrected chi connectivity index (χ3v) is 4.48. The van der Waals surface area contributed by atoms with Gasteiger partial charge in [-0.05, 0) is 30.3 Å². The smallest absolute Gasteiger partial charge is 0.435 e. The zero-order chi connectivity index (χ0) is 24.9. The number of nitrogens with zero attached hydrogens (tertiary/aromatic N) is 1. The van der Waals surface area contributed by atoms with Gasteiger partial charge < -0.3 is 19.5 Å². The Balaban J connectivity index is 1.66. The molecule has 1 N–H and O–H groups in total. The molecule has 0 fully saturated rings. The lowest BCUT2D eigenvalue weighted by atomic mass is 10.2. The number of rotatable bonds is 7. The third kappa shape index (κ3) is 7.54. The number of hydrogen-bond donors (Lipinski definition) is 1. The van der Waals surface area contributed by atoms with Gasteiger partial charge in [-0.15, -0.1) is 26.3 Å². The molecular formula is C21H13BrF6N2O4. The third-order valence-electron chi connectivity index (χ3n) is 3.98. The van der Waals surface area contributed by atoms with Gasteiger partial charge in [-0.1, -0.05) is 34.1 Å². The predicted octanol–water partition coefficient (Wildman–Crippen LogP) is 6.36. The summed E-state index contributed by atoms with van der Waals surface area (Å²) in [7, 11) is 0. The van der Waals surface area contributed by atoms with Crippen LogP contribution in [0.5, 0.6) is 23.1 Å². The molecule has 0 aliphatic rings. The molecule has 0 aliphatic carbocycles. The van der Waals surface area contributed by atoms with E-state index < -0.39 is 30.1 Å². The van der Waals surface area contributed by atoms with Crippen molar-refractivity contribution in [2.24, 2.45) is 0 Å². The summed E-state index contributed by atoms with van der Waals surface area (Å²) in [6.45, 7) is -0.280. The Morgan fingerprint density at radius 1 is 0.882 bits per heavy atom. The van der Waals surface area contributed by atoms with E-state index in [4.69, 9.17) is 4.74 Å². The van der Waals surface area contributed by atoms with E-state index in [-0.39, 0.29) is 29.3 Å². The van der Waals surface area contributed by atoms with Gasteiger partial charge in [0.2, 0.25) is 5.88 Å². The van der Waals surface area contributed by atoms with E-state index in [2.05, 4.69) is 35.7 Å². The van der Waals surface area contributed by atoms with Gasteiger partial charge in [-0.3, -0.25) is 4.79 Å². The van der Waals surface area contributed by atoms with E-state index >= 15 is 0 Å². The van der Waals surface area contributed by atoms with Crippen LogP contribution in [0.15, 0.2) is 65.3 Å². The maximum Gasteiger partial charge on any atom is 0.573 e. The van der Waals surface area contributed by atoms with Crippen molar-refractivity contribution in [3.05, 3.63) is 76.4 Å². The van der Waals surface area contributed by atoms with Gasteiger partial charge in [0.1, 0.15) is 5.75 Å². The molecule has 0 saturated heterocycles. The highest BCUT2D eigenvalue weighted by Gasteiger charge is 2.33. The summed E-state index contributed by atoms with van der Waals surface area (Å²) >= 11 is 3.05. The topological polar surface area (TPSA) is 69.7 Å². The van der Waals surface area contributed by atoms with Crippen molar-refractivity contribution in [3.8, 4) is 23.1 Å².